The van der Waals surface area contributed by atoms with E-state index in [-0.39, 0.29) is 0 Å². The molecule has 0 aliphatic carbocycles. The van der Waals surface area contributed by atoms with Crippen LogP contribution in [0.25, 0.3) is 0 Å². The molecule has 2 amide bonds. The van der Waals surface area contributed by atoms with Gasteiger partial charge in [-0.3, -0.25) is 9.59 Å². The van der Waals surface area contributed by atoms with Crippen LogP contribution < -0.4 is 15.5 Å². The first-order valence-corrected chi connectivity index (χ1v) is 9.09. The fraction of sp³-hybridized carbons (Fsp3) is 0.0435. The lowest BCUT2D eigenvalue weighted by Gasteiger charge is -2.05. The highest BCUT2D eigenvalue weighted by Crippen LogP contribution is 2.13. The maximum absolute atomic E-state index is 12.0. The molecule has 0 radical (unpaired) electrons. The molecule has 0 spiro atoms. The topological polar surface area (TPSA) is 96.9 Å². The van der Waals surface area contributed by atoms with Crippen LogP contribution in [-0.4, -0.2) is 24.0 Å². The molecule has 0 heterocycles. The van der Waals surface area contributed by atoms with E-state index >= 15 is 0 Å². The standard InChI is InChI=1S/C23H19N3O4/c1-16-6-5-9-19(14-16)25-21(27)22(28)26-24-15-17-10-12-20(13-11-17)30-23(29)18-7-3-2-4-8-18/h2-15H,1H3,(H,25,27)(H,26,28)/b24-15+. The van der Waals surface area contributed by atoms with Crippen molar-refractivity contribution in [2.75, 3.05) is 5.32 Å². The Balaban J connectivity index is 1.50. The molecule has 0 aliphatic rings. The summed E-state index contributed by atoms with van der Waals surface area (Å²) in [5.41, 5.74) is 4.76. The van der Waals surface area contributed by atoms with E-state index in [2.05, 4.69) is 15.8 Å². The second-order valence-corrected chi connectivity index (χ2v) is 6.35. The minimum atomic E-state index is -0.888. The summed E-state index contributed by atoms with van der Waals surface area (Å²) in [5.74, 6) is -1.78. The van der Waals surface area contributed by atoms with Gasteiger partial charge < -0.3 is 10.1 Å². The zero-order valence-electron chi connectivity index (χ0n) is 16.2. The highest BCUT2D eigenvalue weighted by Gasteiger charge is 2.12. The molecule has 0 bridgehead atoms. The number of ether oxygens (including phenoxy) is 1. The van der Waals surface area contributed by atoms with E-state index in [4.69, 9.17) is 4.74 Å². The van der Waals surface area contributed by atoms with E-state index in [1.54, 1.807) is 66.7 Å². The maximum Gasteiger partial charge on any atom is 0.343 e. The van der Waals surface area contributed by atoms with Crippen LogP contribution in [-0.2, 0) is 9.59 Å². The first-order chi connectivity index (χ1) is 14.5. The van der Waals surface area contributed by atoms with E-state index in [1.165, 1.54) is 6.21 Å². The summed E-state index contributed by atoms with van der Waals surface area (Å²) in [7, 11) is 0. The number of anilines is 1. The van der Waals surface area contributed by atoms with Gasteiger partial charge in [-0.25, -0.2) is 10.2 Å². The molecule has 7 heteroatoms. The summed E-state index contributed by atoms with van der Waals surface area (Å²) < 4.78 is 5.29. The molecule has 7 nitrogen and oxygen atoms in total. The molecule has 0 saturated heterocycles. The number of benzene rings is 3. The molecule has 0 saturated carbocycles. The number of hydrogen-bond donors (Lipinski definition) is 2. The van der Waals surface area contributed by atoms with Crippen molar-refractivity contribution in [1.82, 2.24) is 5.43 Å². The summed E-state index contributed by atoms with van der Waals surface area (Å²) in [5, 5.41) is 6.26. The highest BCUT2D eigenvalue weighted by atomic mass is 16.5. The van der Waals surface area contributed by atoms with Crippen LogP contribution in [0.15, 0.2) is 84.0 Å². The molecular weight excluding hydrogens is 382 g/mol. The van der Waals surface area contributed by atoms with Gasteiger partial charge >= 0.3 is 17.8 Å². The van der Waals surface area contributed by atoms with Crippen LogP contribution in [0, 0.1) is 6.92 Å². The third kappa shape index (κ3) is 5.87. The van der Waals surface area contributed by atoms with Crippen LogP contribution in [0.2, 0.25) is 0 Å². The van der Waals surface area contributed by atoms with Gasteiger partial charge in [-0.15, -0.1) is 0 Å². The van der Waals surface area contributed by atoms with E-state index in [9.17, 15) is 14.4 Å². The minimum absolute atomic E-state index is 0.377. The molecule has 0 atom stereocenters. The predicted molar refractivity (Wildman–Crippen MR) is 113 cm³/mol. The van der Waals surface area contributed by atoms with E-state index in [0.29, 0.717) is 22.6 Å². The normalized spacial score (nSPS) is 10.4. The molecule has 3 rings (SSSR count). The Morgan fingerprint density at radius 1 is 0.867 bits per heavy atom. The van der Waals surface area contributed by atoms with Gasteiger partial charge in [-0.05, 0) is 66.6 Å². The molecule has 30 heavy (non-hydrogen) atoms. The summed E-state index contributed by atoms with van der Waals surface area (Å²) in [6.07, 6.45) is 1.38. The second kappa shape index (κ2) is 9.79. The summed E-state index contributed by atoms with van der Waals surface area (Å²) in [6, 6.07) is 22.3. The Morgan fingerprint density at radius 2 is 1.60 bits per heavy atom. The Bertz CT molecular complexity index is 1080. The van der Waals surface area contributed by atoms with Crippen molar-refractivity contribution in [3.63, 3.8) is 0 Å². The highest BCUT2D eigenvalue weighted by molar-refractivity contribution is 6.39. The van der Waals surface area contributed by atoms with Crippen molar-refractivity contribution in [2.24, 2.45) is 5.10 Å². The zero-order valence-corrected chi connectivity index (χ0v) is 16.2. The summed E-state index contributed by atoms with van der Waals surface area (Å²) >= 11 is 0. The predicted octanol–water partition coefficient (Wildman–Crippen LogP) is 3.30. The van der Waals surface area contributed by atoms with Gasteiger partial charge in [0, 0.05) is 5.69 Å². The largest absolute Gasteiger partial charge is 0.423 e. The van der Waals surface area contributed by atoms with Gasteiger partial charge in [0.2, 0.25) is 0 Å². The Kier molecular flexibility index (Phi) is 6.68. The monoisotopic (exact) mass is 401 g/mol. The lowest BCUT2D eigenvalue weighted by atomic mass is 10.2. The Morgan fingerprint density at radius 3 is 2.30 bits per heavy atom. The summed E-state index contributed by atoms with van der Waals surface area (Å²) in [6.45, 7) is 1.88. The van der Waals surface area contributed by atoms with Crippen molar-refractivity contribution in [1.29, 1.82) is 0 Å². The molecule has 3 aromatic rings. The number of rotatable bonds is 5. The number of amides is 2. The van der Waals surface area contributed by atoms with Crippen molar-refractivity contribution in [3.8, 4) is 5.75 Å². The number of carbonyl (C=O) groups excluding carboxylic acids is 3. The van der Waals surface area contributed by atoms with E-state index in [0.717, 1.165) is 5.56 Å². The third-order valence-corrected chi connectivity index (χ3v) is 3.96. The van der Waals surface area contributed by atoms with Crippen LogP contribution in [0.3, 0.4) is 0 Å². The minimum Gasteiger partial charge on any atom is -0.423 e. The first kappa shape index (κ1) is 20.5. The van der Waals surface area contributed by atoms with Crippen molar-refractivity contribution < 1.29 is 19.1 Å². The molecule has 0 aromatic heterocycles. The number of nitrogens with one attached hydrogen (secondary N) is 2. The van der Waals surface area contributed by atoms with Crippen molar-refractivity contribution in [2.45, 2.75) is 6.92 Å². The van der Waals surface area contributed by atoms with Gasteiger partial charge in [0.1, 0.15) is 5.75 Å². The molecular formula is C23H19N3O4. The molecule has 3 aromatic carbocycles. The SMILES string of the molecule is Cc1cccc(NC(=O)C(=O)N/N=C/c2ccc(OC(=O)c3ccccc3)cc2)c1. The fourth-order valence-corrected chi connectivity index (χ4v) is 2.49. The smallest absolute Gasteiger partial charge is 0.343 e. The van der Waals surface area contributed by atoms with E-state index < -0.39 is 17.8 Å². The van der Waals surface area contributed by atoms with Gasteiger partial charge in [-0.2, -0.15) is 5.10 Å². The average Bonchev–Trinajstić information content (AvgIpc) is 2.75. The second-order valence-electron chi connectivity index (χ2n) is 6.35. The van der Waals surface area contributed by atoms with Gasteiger partial charge in [0.15, 0.2) is 0 Å². The fourth-order valence-electron chi connectivity index (χ4n) is 2.49. The van der Waals surface area contributed by atoms with Crippen LogP contribution >= 0.6 is 0 Å². The maximum atomic E-state index is 12.0. The molecule has 150 valence electrons. The quantitative estimate of drug-likeness (QED) is 0.225. The van der Waals surface area contributed by atoms with E-state index in [1.807, 2.05) is 19.1 Å². The number of hydrazone groups is 1. The van der Waals surface area contributed by atoms with Crippen LogP contribution in [0.4, 0.5) is 5.69 Å². The summed E-state index contributed by atoms with van der Waals surface area (Å²) in [4.78, 5) is 35.7. The average molecular weight is 401 g/mol. The van der Waals surface area contributed by atoms with Crippen LogP contribution in [0.1, 0.15) is 21.5 Å². The van der Waals surface area contributed by atoms with Gasteiger partial charge in [0.05, 0.1) is 11.8 Å². The molecule has 0 unspecified atom stereocenters. The number of aryl methyl sites for hydroxylation is 1. The molecule has 0 fully saturated rings. The zero-order chi connectivity index (χ0) is 21.3. The number of nitrogens with zero attached hydrogens (tertiary/aromatic N) is 1. The number of carbonyl (C=O) groups is 3. The Labute approximate surface area is 173 Å². The number of hydrogen-bond acceptors (Lipinski definition) is 5. The van der Waals surface area contributed by atoms with Gasteiger partial charge in [-0.1, -0.05) is 30.3 Å². The Hall–Kier alpha value is -4.26. The first-order valence-electron chi connectivity index (χ1n) is 9.09. The lowest BCUT2D eigenvalue weighted by Crippen LogP contribution is -2.32. The lowest BCUT2D eigenvalue weighted by molar-refractivity contribution is -0.136. The third-order valence-electron chi connectivity index (χ3n) is 3.96. The van der Waals surface area contributed by atoms with Crippen molar-refractivity contribution >= 4 is 29.7 Å². The molecule has 2 N–H and O–H groups in total. The van der Waals surface area contributed by atoms with Crippen LogP contribution in [0.5, 0.6) is 5.75 Å². The van der Waals surface area contributed by atoms with Crippen molar-refractivity contribution in [3.05, 3.63) is 95.6 Å². The van der Waals surface area contributed by atoms with Gasteiger partial charge in [0.25, 0.3) is 0 Å². The number of esters is 1. The molecule has 0 aliphatic heterocycles.